The van der Waals surface area contributed by atoms with E-state index < -0.39 is 0 Å². The average molecular weight is 320 g/mol. The average Bonchev–Trinajstić information content (AvgIpc) is 2.55. The van der Waals surface area contributed by atoms with Gasteiger partial charge in [0.25, 0.3) is 0 Å². The van der Waals surface area contributed by atoms with Crippen LogP contribution in [0.15, 0.2) is 48.7 Å². The first-order valence-corrected chi connectivity index (χ1v) is 7.98. The van der Waals surface area contributed by atoms with Gasteiger partial charge in [-0.05, 0) is 50.6 Å². The molecule has 4 nitrogen and oxygen atoms in total. The maximum atomic E-state index is 12.3. The van der Waals surface area contributed by atoms with E-state index in [4.69, 9.17) is 4.74 Å². The molecular formula is C20H20N2O2. The number of fused-ring (bicyclic) bond motifs is 1. The van der Waals surface area contributed by atoms with Gasteiger partial charge in [-0.2, -0.15) is 0 Å². The summed E-state index contributed by atoms with van der Waals surface area (Å²) in [6.07, 6.45) is 1.58. The maximum Gasteiger partial charge on any atom is 0.341 e. The van der Waals surface area contributed by atoms with Crippen molar-refractivity contribution in [3.8, 4) is 0 Å². The maximum absolute atomic E-state index is 12.3. The highest BCUT2D eigenvalue weighted by Gasteiger charge is 2.17. The number of rotatable bonds is 4. The summed E-state index contributed by atoms with van der Waals surface area (Å²) in [5, 5.41) is 4.29. The van der Waals surface area contributed by atoms with Gasteiger partial charge in [0.05, 0.1) is 17.8 Å². The Labute approximate surface area is 141 Å². The molecule has 0 aliphatic carbocycles. The zero-order valence-corrected chi connectivity index (χ0v) is 14.1. The molecule has 0 aliphatic heterocycles. The molecule has 0 unspecified atom stereocenters. The van der Waals surface area contributed by atoms with Gasteiger partial charge in [-0.3, -0.25) is 4.98 Å². The molecule has 0 bridgehead atoms. The minimum Gasteiger partial charge on any atom is -0.462 e. The molecule has 0 aliphatic rings. The Kier molecular flexibility index (Phi) is 4.47. The van der Waals surface area contributed by atoms with E-state index in [0.717, 1.165) is 33.4 Å². The number of hydrogen-bond acceptors (Lipinski definition) is 4. The Balaban J connectivity index is 2.18. The lowest BCUT2D eigenvalue weighted by atomic mass is 10.1. The molecule has 0 spiro atoms. The van der Waals surface area contributed by atoms with Crippen molar-refractivity contribution in [3.63, 3.8) is 0 Å². The molecule has 0 saturated carbocycles. The fourth-order valence-corrected chi connectivity index (χ4v) is 2.67. The largest absolute Gasteiger partial charge is 0.462 e. The number of hydrogen-bond donors (Lipinski definition) is 1. The fraction of sp³-hybridized carbons (Fsp3) is 0.200. The lowest BCUT2D eigenvalue weighted by Gasteiger charge is -2.15. The number of aryl methyl sites for hydroxylation is 2. The van der Waals surface area contributed by atoms with Crippen LogP contribution in [-0.4, -0.2) is 17.6 Å². The van der Waals surface area contributed by atoms with E-state index in [0.29, 0.717) is 12.2 Å². The third-order valence-corrected chi connectivity index (χ3v) is 3.81. The summed E-state index contributed by atoms with van der Waals surface area (Å²) in [5.74, 6) is -0.372. The van der Waals surface area contributed by atoms with E-state index >= 15 is 0 Å². The van der Waals surface area contributed by atoms with Gasteiger partial charge in [-0.1, -0.05) is 23.8 Å². The van der Waals surface area contributed by atoms with Crippen molar-refractivity contribution in [3.05, 3.63) is 65.4 Å². The molecule has 3 aromatic rings. The minimum atomic E-state index is -0.372. The molecule has 0 amide bonds. The highest BCUT2D eigenvalue weighted by Crippen LogP contribution is 2.30. The van der Waals surface area contributed by atoms with Crippen LogP contribution in [0.4, 0.5) is 11.4 Å². The Morgan fingerprint density at radius 2 is 1.92 bits per heavy atom. The highest BCUT2D eigenvalue weighted by atomic mass is 16.5. The number of ether oxygens (including phenoxy) is 1. The summed E-state index contributed by atoms with van der Waals surface area (Å²) in [4.78, 5) is 16.8. The number of aromatic nitrogens is 1. The number of carbonyl (C=O) groups is 1. The fourth-order valence-electron chi connectivity index (χ4n) is 2.67. The number of carbonyl (C=O) groups excluding carboxylic acids is 1. The zero-order chi connectivity index (χ0) is 17.1. The van der Waals surface area contributed by atoms with E-state index in [-0.39, 0.29) is 5.97 Å². The molecule has 24 heavy (non-hydrogen) atoms. The first-order valence-electron chi connectivity index (χ1n) is 7.98. The van der Waals surface area contributed by atoms with Crippen LogP contribution in [0.1, 0.15) is 28.4 Å². The quantitative estimate of drug-likeness (QED) is 0.703. The van der Waals surface area contributed by atoms with Gasteiger partial charge in [0.15, 0.2) is 0 Å². The molecule has 1 heterocycles. The second kappa shape index (κ2) is 6.71. The molecule has 0 radical (unpaired) electrons. The van der Waals surface area contributed by atoms with Crippen LogP contribution in [-0.2, 0) is 4.74 Å². The third kappa shape index (κ3) is 3.23. The lowest BCUT2D eigenvalue weighted by Crippen LogP contribution is -2.09. The number of pyridine rings is 1. The molecule has 3 rings (SSSR count). The summed E-state index contributed by atoms with van der Waals surface area (Å²) >= 11 is 0. The van der Waals surface area contributed by atoms with Crippen molar-refractivity contribution in [1.29, 1.82) is 0 Å². The molecule has 1 N–H and O–H groups in total. The van der Waals surface area contributed by atoms with Gasteiger partial charge < -0.3 is 10.1 Å². The van der Waals surface area contributed by atoms with E-state index in [9.17, 15) is 4.79 Å². The summed E-state index contributed by atoms with van der Waals surface area (Å²) in [5.41, 5.74) is 5.19. The Bertz CT molecular complexity index is 903. The number of anilines is 2. The topological polar surface area (TPSA) is 51.2 Å². The molecule has 122 valence electrons. The highest BCUT2D eigenvalue weighted by molar-refractivity contribution is 6.06. The molecule has 0 saturated heterocycles. The van der Waals surface area contributed by atoms with Crippen molar-refractivity contribution >= 4 is 28.2 Å². The minimum absolute atomic E-state index is 0.328. The Morgan fingerprint density at radius 3 is 2.67 bits per heavy atom. The standard InChI is InChI=1S/C20H20N2O2/c1-4-24-20(23)17-12-21-18-9-8-14(3)11-16(18)19(17)22-15-7-5-6-13(2)10-15/h5-12H,4H2,1-3H3,(H,21,22). The van der Waals surface area contributed by atoms with E-state index in [2.05, 4.69) is 10.3 Å². The van der Waals surface area contributed by atoms with Gasteiger partial charge in [-0.15, -0.1) is 0 Å². The van der Waals surface area contributed by atoms with Crippen molar-refractivity contribution < 1.29 is 9.53 Å². The molecule has 2 aromatic carbocycles. The van der Waals surface area contributed by atoms with Crippen LogP contribution < -0.4 is 5.32 Å². The van der Waals surface area contributed by atoms with E-state index in [1.807, 2.05) is 56.3 Å². The van der Waals surface area contributed by atoms with Gasteiger partial charge in [0.2, 0.25) is 0 Å². The van der Waals surface area contributed by atoms with Gasteiger partial charge in [0.1, 0.15) is 5.56 Å². The van der Waals surface area contributed by atoms with Crippen molar-refractivity contribution in [2.45, 2.75) is 20.8 Å². The predicted octanol–water partition coefficient (Wildman–Crippen LogP) is 4.77. The molecule has 0 atom stereocenters. The van der Waals surface area contributed by atoms with Gasteiger partial charge >= 0.3 is 5.97 Å². The summed E-state index contributed by atoms with van der Waals surface area (Å²) in [6.45, 7) is 6.18. The van der Waals surface area contributed by atoms with Crippen LogP contribution in [0.5, 0.6) is 0 Å². The lowest BCUT2D eigenvalue weighted by molar-refractivity contribution is 0.0527. The zero-order valence-electron chi connectivity index (χ0n) is 14.1. The monoisotopic (exact) mass is 320 g/mol. The van der Waals surface area contributed by atoms with Crippen molar-refractivity contribution in [2.24, 2.45) is 0 Å². The van der Waals surface area contributed by atoms with Crippen LogP contribution in [0.2, 0.25) is 0 Å². The Morgan fingerprint density at radius 1 is 1.12 bits per heavy atom. The number of nitrogens with one attached hydrogen (secondary N) is 1. The van der Waals surface area contributed by atoms with Gasteiger partial charge in [-0.25, -0.2) is 4.79 Å². The number of nitrogens with zero attached hydrogens (tertiary/aromatic N) is 1. The Hall–Kier alpha value is -2.88. The first-order chi connectivity index (χ1) is 11.6. The number of esters is 1. The van der Waals surface area contributed by atoms with Gasteiger partial charge in [0, 0.05) is 17.3 Å². The second-order valence-electron chi connectivity index (χ2n) is 5.78. The SMILES string of the molecule is CCOC(=O)c1cnc2ccc(C)cc2c1Nc1cccc(C)c1. The predicted molar refractivity (Wildman–Crippen MR) is 96.9 cm³/mol. The van der Waals surface area contributed by atoms with Crippen LogP contribution in [0.25, 0.3) is 10.9 Å². The van der Waals surface area contributed by atoms with Crippen molar-refractivity contribution in [2.75, 3.05) is 11.9 Å². The normalized spacial score (nSPS) is 10.6. The summed E-state index contributed by atoms with van der Waals surface area (Å²) < 4.78 is 5.19. The molecular weight excluding hydrogens is 300 g/mol. The van der Waals surface area contributed by atoms with E-state index in [1.165, 1.54) is 0 Å². The molecule has 0 fully saturated rings. The second-order valence-corrected chi connectivity index (χ2v) is 5.78. The molecule has 1 aromatic heterocycles. The van der Waals surface area contributed by atoms with Crippen LogP contribution >= 0.6 is 0 Å². The van der Waals surface area contributed by atoms with E-state index in [1.54, 1.807) is 13.1 Å². The first kappa shape index (κ1) is 16.0. The molecule has 4 heteroatoms. The third-order valence-electron chi connectivity index (χ3n) is 3.81. The van der Waals surface area contributed by atoms with Crippen LogP contribution in [0.3, 0.4) is 0 Å². The van der Waals surface area contributed by atoms with Crippen molar-refractivity contribution in [1.82, 2.24) is 4.98 Å². The van der Waals surface area contributed by atoms with Crippen LogP contribution in [0, 0.1) is 13.8 Å². The number of benzene rings is 2. The smallest absolute Gasteiger partial charge is 0.341 e. The summed E-state index contributed by atoms with van der Waals surface area (Å²) in [6, 6.07) is 14.0. The summed E-state index contributed by atoms with van der Waals surface area (Å²) in [7, 11) is 0.